The van der Waals surface area contributed by atoms with Gasteiger partial charge in [-0.1, -0.05) is 37.3 Å². The highest BCUT2D eigenvalue weighted by Gasteiger charge is 2.37. The summed E-state index contributed by atoms with van der Waals surface area (Å²) in [7, 11) is 5.66. The van der Waals surface area contributed by atoms with Gasteiger partial charge in [-0.05, 0) is 113 Å². The van der Waals surface area contributed by atoms with Crippen LogP contribution in [-0.4, -0.2) is 60.8 Å². The number of phenolic OH excluding ortho intramolecular Hbond substituents is 1. The lowest BCUT2D eigenvalue weighted by Gasteiger charge is -2.41. The Morgan fingerprint density at radius 1 is 0.923 bits per heavy atom. The molecule has 5 nitrogen and oxygen atoms in total. The Morgan fingerprint density at radius 3 is 2.23 bits per heavy atom. The highest BCUT2D eigenvalue weighted by molar-refractivity contribution is 5.38. The van der Waals surface area contributed by atoms with Gasteiger partial charge < -0.3 is 19.5 Å². The normalized spacial score (nSPS) is 21.4. The van der Waals surface area contributed by atoms with Crippen molar-refractivity contribution < 1.29 is 14.6 Å². The number of methoxy groups -OCH3 is 2. The largest absolute Gasteiger partial charge is 0.508 e. The summed E-state index contributed by atoms with van der Waals surface area (Å²) in [6.45, 7) is 11.9. The van der Waals surface area contributed by atoms with Crippen molar-refractivity contribution in [2.24, 2.45) is 11.8 Å². The molecule has 1 N–H and O–H groups in total. The Labute approximate surface area is 236 Å². The first-order valence-electron chi connectivity index (χ1n) is 14.5. The van der Waals surface area contributed by atoms with E-state index in [2.05, 4.69) is 87.0 Å². The van der Waals surface area contributed by atoms with Crippen LogP contribution in [0, 0.1) is 11.8 Å². The standard InChI is InChI=1S/C34H48N2O3/c1-8-36(23-25-11-9-24(10-12-25)17-18-35(5)34(2,3)4)31-22-33(39-7)32(38-6)21-30(31)28-14-13-27-20-29(37)16-15-26(27)19-28/h9-12,15-16,20-22,28,30-31,37H,8,13-14,17-19,23H2,1-7H3/t28-,30?,31?/m1/s1. The third-order valence-electron chi connectivity index (χ3n) is 8.86. The number of ether oxygens (including phenoxy) is 2. The van der Waals surface area contributed by atoms with E-state index in [1.54, 1.807) is 14.2 Å². The molecule has 0 amide bonds. The zero-order valence-corrected chi connectivity index (χ0v) is 25.0. The van der Waals surface area contributed by atoms with Gasteiger partial charge in [-0.3, -0.25) is 4.90 Å². The summed E-state index contributed by atoms with van der Waals surface area (Å²) in [5.41, 5.74) is 5.54. The maximum Gasteiger partial charge on any atom is 0.158 e. The van der Waals surface area contributed by atoms with Crippen molar-refractivity contribution in [3.05, 3.63) is 88.4 Å². The summed E-state index contributed by atoms with van der Waals surface area (Å²) >= 11 is 0. The van der Waals surface area contributed by atoms with E-state index in [0.717, 1.165) is 56.8 Å². The monoisotopic (exact) mass is 532 g/mol. The van der Waals surface area contributed by atoms with E-state index in [4.69, 9.17) is 9.47 Å². The summed E-state index contributed by atoms with van der Waals surface area (Å²) in [6, 6.07) is 15.3. The van der Waals surface area contributed by atoms with E-state index in [0.29, 0.717) is 17.6 Å². The summed E-state index contributed by atoms with van der Waals surface area (Å²) in [6.07, 6.45) is 8.73. The van der Waals surface area contributed by atoms with Crippen molar-refractivity contribution in [2.75, 3.05) is 34.4 Å². The molecule has 212 valence electrons. The molecule has 0 spiro atoms. The predicted octanol–water partition coefficient (Wildman–Crippen LogP) is 6.35. The van der Waals surface area contributed by atoms with Gasteiger partial charge in [-0.25, -0.2) is 0 Å². The number of nitrogens with zero attached hydrogens (tertiary/aromatic N) is 2. The molecule has 0 aromatic heterocycles. The molecule has 2 unspecified atom stereocenters. The zero-order chi connectivity index (χ0) is 28.2. The second kappa shape index (κ2) is 12.6. The van der Waals surface area contributed by atoms with Gasteiger partial charge in [-0.2, -0.15) is 0 Å². The third-order valence-corrected chi connectivity index (χ3v) is 8.86. The molecule has 0 fully saturated rings. The van der Waals surface area contributed by atoms with Crippen LogP contribution in [0.15, 0.2) is 66.1 Å². The molecular formula is C34H48N2O3. The van der Waals surface area contributed by atoms with E-state index in [9.17, 15) is 5.11 Å². The number of benzene rings is 2. The fraction of sp³-hybridized carbons (Fsp3) is 0.529. The molecule has 2 aromatic rings. The van der Waals surface area contributed by atoms with Crippen molar-refractivity contribution in [3.8, 4) is 5.75 Å². The fourth-order valence-corrected chi connectivity index (χ4v) is 6.01. The molecule has 39 heavy (non-hydrogen) atoms. The maximum atomic E-state index is 9.96. The molecule has 0 heterocycles. The SMILES string of the molecule is CCN(Cc1ccc(CCN(C)C(C)(C)C)cc1)C1C=C(OC)C(OC)=CC1[C@@H]1CCc2cc(O)ccc2C1. The molecule has 4 rings (SSSR count). The van der Waals surface area contributed by atoms with Crippen LogP contribution in [0.3, 0.4) is 0 Å². The molecule has 2 aromatic carbocycles. The molecule has 0 saturated heterocycles. The minimum Gasteiger partial charge on any atom is -0.508 e. The van der Waals surface area contributed by atoms with Gasteiger partial charge in [0.2, 0.25) is 0 Å². The topological polar surface area (TPSA) is 45.2 Å². The fourth-order valence-electron chi connectivity index (χ4n) is 6.01. The molecule has 0 saturated carbocycles. The van der Waals surface area contributed by atoms with Crippen LogP contribution in [0.4, 0.5) is 0 Å². The van der Waals surface area contributed by atoms with Crippen molar-refractivity contribution in [2.45, 2.75) is 71.5 Å². The van der Waals surface area contributed by atoms with Gasteiger partial charge in [0.15, 0.2) is 11.5 Å². The second-order valence-electron chi connectivity index (χ2n) is 12.2. The van der Waals surface area contributed by atoms with Crippen molar-refractivity contribution >= 4 is 0 Å². The molecule has 0 aliphatic heterocycles. The lowest BCUT2D eigenvalue weighted by Crippen LogP contribution is -2.44. The average molecular weight is 533 g/mol. The average Bonchev–Trinajstić information content (AvgIpc) is 2.93. The Kier molecular flexibility index (Phi) is 9.45. The van der Waals surface area contributed by atoms with Crippen LogP contribution in [0.5, 0.6) is 5.75 Å². The number of rotatable bonds is 10. The number of hydrogen-bond acceptors (Lipinski definition) is 5. The summed E-state index contributed by atoms with van der Waals surface area (Å²) in [5.74, 6) is 2.81. The first-order chi connectivity index (χ1) is 18.6. The zero-order valence-electron chi connectivity index (χ0n) is 25.0. The van der Waals surface area contributed by atoms with Crippen LogP contribution >= 0.6 is 0 Å². The molecule has 2 aliphatic rings. The molecule has 3 atom stereocenters. The second-order valence-corrected chi connectivity index (χ2v) is 12.2. The van der Waals surface area contributed by atoms with Crippen LogP contribution in [0.25, 0.3) is 0 Å². The lowest BCUT2D eigenvalue weighted by atomic mass is 9.72. The van der Waals surface area contributed by atoms with Gasteiger partial charge in [-0.15, -0.1) is 0 Å². The van der Waals surface area contributed by atoms with Crippen LogP contribution < -0.4 is 0 Å². The highest BCUT2D eigenvalue weighted by atomic mass is 16.5. The van der Waals surface area contributed by atoms with Gasteiger partial charge in [0.05, 0.1) is 14.2 Å². The van der Waals surface area contributed by atoms with Crippen LogP contribution in [0.1, 0.15) is 56.4 Å². The molecule has 0 radical (unpaired) electrons. The number of aryl methyl sites for hydroxylation is 1. The van der Waals surface area contributed by atoms with Gasteiger partial charge >= 0.3 is 0 Å². The van der Waals surface area contributed by atoms with Crippen molar-refractivity contribution in [1.29, 1.82) is 0 Å². The van der Waals surface area contributed by atoms with Gasteiger partial charge in [0, 0.05) is 30.6 Å². The molecular weight excluding hydrogens is 484 g/mol. The summed E-state index contributed by atoms with van der Waals surface area (Å²) < 4.78 is 11.5. The third kappa shape index (κ3) is 7.06. The van der Waals surface area contributed by atoms with Gasteiger partial charge in [0.1, 0.15) is 5.75 Å². The highest BCUT2D eigenvalue weighted by Crippen LogP contribution is 2.39. The molecule has 2 aliphatic carbocycles. The Balaban J connectivity index is 1.52. The van der Waals surface area contributed by atoms with E-state index in [1.807, 2.05) is 12.1 Å². The van der Waals surface area contributed by atoms with Crippen LogP contribution in [-0.2, 0) is 35.3 Å². The van der Waals surface area contributed by atoms with Crippen molar-refractivity contribution in [1.82, 2.24) is 9.80 Å². The quantitative estimate of drug-likeness (QED) is 0.386. The Morgan fingerprint density at radius 2 is 1.59 bits per heavy atom. The van der Waals surface area contributed by atoms with Crippen molar-refractivity contribution in [3.63, 3.8) is 0 Å². The predicted molar refractivity (Wildman–Crippen MR) is 160 cm³/mol. The summed E-state index contributed by atoms with van der Waals surface area (Å²) in [4.78, 5) is 4.98. The van der Waals surface area contributed by atoms with E-state index < -0.39 is 0 Å². The number of hydrogen-bond donors (Lipinski definition) is 1. The van der Waals surface area contributed by atoms with E-state index in [1.165, 1.54) is 22.3 Å². The van der Waals surface area contributed by atoms with Crippen LogP contribution in [0.2, 0.25) is 0 Å². The minimum absolute atomic E-state index is 0.187. The molecule has 5 heteroatoms. The number of aromatic hydroxyl groups is 1. The number of likely N-dealkylation sites (N-methyl/N-ethyl adjacent to an activating group) is 2. The maximum absolute atomic E-state index is 9.96. The van der Waals surface area contributed by atoms with Gasteiger partial charge in [0.25, 0.3) is 0 Å². The number of fused-ring (bicyclic) bond motifs is 1. The van der Waals surface area contributed by atoms with E-state index in [-0.39, 0.29) is 11.6 Å². The lowest BCUT2D eigenvalue weighted by molar-refractivity contribution is 0.132. The minimum atomic E-state index is 0.187. The van der Waals surface area contributed by atoms with E-state index >= 15 is 0 Å². The smallest absolute Gasteiger partial charge is 0.158 e. The Bertz CT molecular complexity index is 1160. The molecule has 0 bridgehead atoms. The first kappa shape index (κ1) is 29.2. The summed E-state index contributed by atoms with van der Waals surface area (Å²) in [5, 5.41) is 9.96. The Hall–Kier alpha value is -2.76. The first-order valence-corrected chi connectivity index (χ1v) is 14.5. The number of phenols is 1.